The molecule has 3 aromatic rings. The molecular formula is C16H14ClN3. The lowest BCUT2D eigenvalue weighted by atomic mass is 10.1. The first kappa shape index (κ1) is 12.8. The number of aromatic nitrogens is 1. The maximum atomic E-state index is 6.14. The Morgan fingerprint density at radius 1 is 1.15 bits per heavy atom. The van der Waals surface area contributed by atoms with Gasteiger partial charge in [0.25, 0.3) is 0 Å². The predicted molar refractivity (Wildman–Crippen MR) is 85.6 cm³/mol. The molecule has 0 aliphatic heterocycles. The van der Waals surface area contributed by atoms with E-state index in [-0.39, 0.29) is 0 Å². The van der Waals surface area contributed by atoms with Gasteiger partial charge in [0.15, 0.2) is 0 Å². The number of hydrogen-bond acceptors (Lipinski definition) is 3. The molecule has 0 atom stereocenters. The van der Waals surface area contributed by atoms with Crippen LogP contribution in [0.2, 0.25) is 5.02 Å². The zero-order valence-corrected chi connectivity index (χ0v) is 11.8. The minimum atomic E-state index is 0.736. The summed E-state index contributed by atoms with van der Waals surface area (Å²) in [5, 5.41) is 6.16. The Morgan fingerprint density at radius 2 is 2.00 bits per heavy atom. The Balaban J connectivity index is 2.09. The van der Waals surface area contributed by atoms with Crippen molar-refractivity contribution < 1.29 is 0 Å². The Kier molecular flexibility index (Phi) is 3.20. The van der Waals surface area contributed by atoms with E-state index in [4.69, 9.17) is 17.3 Å². The molecule has 3 rings (SSSR count). The van der Waals surface area contributed by atoms with Crippen molar-refractivity contribution in [1.82, 2.24) is 4.98 Å². The van der Waals surface area contributed by atoms with Crippen LogP contribution in [0.5, 0.6) is 0 Å². The van der Waals surface area contributed by atoms with Crippen molar-refractivity contribution in [2.24, 2.45) is 0 Å². The van der Waals surface area contributed by atoms with Crippen LogP contribution < -0.4 is 11.1 Å². The molecule has 4 heteroatoms. The molecule has 0 fully saturated rings. The minimum absolute atomic E-state index is 0.736. The van der Waals surface area contributed by atoms with Gasteiger partial charge in [-0.3, -0.25) is 0 Å². The number of pyridine rings is 1. The quantitative estimate of drug-likeness (QED) is 0.680. The third kappa shape index (κ3) is 2.28. The van der Waals surface area contributed by atoms with Crippen molar-refractivity contribution in [2.75, 3.05) is 11.1 Å². The number of nitrogen functional groups attached to an aromatic ring is 1. The molecule has 1 heterocycles. The molecule has 3 nitrogen and oxygen atoms in total. The third-order valence-electron chi connectivity index (χ3n) is 3.31. The molecule has 1 aromatic heterocycles. The zero-order valence-electron chi connectivity index (χ0n) is 11.0. The summed E-state index contributed by atoms with van der Waals surface area (Å²) < 4.78 is 0. The topological polar surface area (TPSA) is 50.9 Å². The van der Waals surface area contributed by atoms with Crippen LogP contribution in [0.3, 0.4) is 0 Å². The Bertz CT molecular complexity index is 784. The van der Waals surface area contributed by atoms with Gasteiger partial charge in [0, 0.05) is 28.0 Å². The number of benzene rings is 2. The molecule has 0 spiro atoms. The summed E-state index contributed by atoms with van der Waals surface area (Å²) in [6.45, 7) is 1.98. The lowest BCUT2D eigenvalue weighted by molar-refractivity contribution is 1.32. The van der Waals surface area contributed by atoms with E-state index in [1.807, 2.05) is 49.4 Å². The fourth-order valence-electron chi connectivity index (χ4n) is 2.17. The number of halogens is 1. The summed E-state index contributed by atoms with van der Waals surface area (Å²) in [5.41, 5.74) is 8.51. The second-order valence-corrected chi connectivity index (χ2v) is 5.08. The van der Waals surface area contributed by atoms with Gasteiger partial charge >= 0.3 is 0 Å². The first-order valence-electron chi connectivity index (χ1n) is 6.31. The van der Waals surface area contributed by atoms with Crippen LogP contribution in [0.1, 0.15) is 5.56 Å². The standard InChI is InChI=1S/C16H14ClN3/c1-10-14(17)3-2-4-15(10)20-16-13-6-5-12(18)9-11(13)7-8-19-16/h2-9H,18H2,1H3,(H,19,20). The molecule has 100 valence electrons. The van der Waals surface area contributed by atoms with Crippen LogP contribution in [0.4, 0.5) is 17.2 Å². The van der Waals surface area contributed by atoms with E-state index in [0.29, 0.717) is 0 Å². The van der Waals surface area contributed by atoms with Crippen molar-refractivity contribution in [3.63, 3.8) is 0 Å². The molecular weight excluding hydrogens is 270 g/mol. The number of anilines is 3. The van der Waals surface area contributed by atoms with Crippen LogP contribution in [0.15, 0.2) is 48.7 Å². The van der Waals surface area contributed by atoms with Crippen LogP contribution >= 0.6 is 11.6 Å². The highest BCUT2D eigenvalue weighted by atomic mass is 35.5. The van der Waals surface area contributed by atoms with Crippen molar-refractivity contribution in [2.45, 2.75) is 6.92 Å². The van der Waals surface area contributed by atoms with Crippen molar-refractivity contribution in [3.8, 4) is 0 Å². The summed E-state index contributed by atoms with van der Waals surface area (Å²) in [7, 11) is 0. The monoisotopic (exact) mass is 283 g/mol. The van der Waals surface area contributed by atoms with Crippen LogP contribution in [0.25, 0.3) is 10.8 Å². The van der Waals surface area contributed by atoms with Crippen LogP contribution in [-0.4, -0.2) is 4.98 Å². The van der Waals surface area contributed by atoms with Gasteiger partial charge in [0.2, 0.25) is 0 Å². The van der Waals surface area contributed by atoms with Gasteiger partial charge in [-0.1, -0.05) is 17.7 Å². The molecule has 0 bridgehead atoms. The molecule has 0 aliphatic rings. The summed E-state index contributed by atoms with van der Waals surface area (Å²) >= 11 is 6.14. The fraction of sp³-hybridized carbons (Fsp3) is 0.0625. The summed E-state index contributed by atoms with van der Waals surface area (Å²) in [4.78, 5) is 4.41. The molecule has 0 unspecified atom stereocenters. The van der Waals surface area contributed by atoms with Gasteiger partial charge in [0.1, 0.15) is 5.82 Å². The number of fused-ring (bicyclic) bond motifs is 1. The summed E-state index contributed by atoms with van der Waals surface area (Å²) in [6.07, 6.45) is 1.77. The SMILES string of the molecule is Cc1c(Cl)cccc1Nc1nccc2cc(N)ccc12. The average Bonchev–Trinajstić information content (AvgIpc) is 2.44. The Hall–Kier alpha value is -2.26. The van der Waals surface area contributed by atoms with Crippen molar-refractivity contribution in [1.29, 1.82) is 0 Å². The van der Waals surface area contributed by atoms with Gasteiger partial charge in [0.05, 0.1) is 0 Å². The van der Waals surface area contributed by atoms with Gasteiger partial charge in [-0.05, 0) is 54.3 Å². The van der Waals surface area contributed by atoms with E-state index in [1.165, 1.54) is 0 Å². The zero-order chi connectivity index (χ0) is 14.1. The summed E-state index contributed by atoms with van der Waals surface area (Å²) in [5.74, 6) is 0.799. The van der Waals surface area contributed by atoms with E-state index in [0.717, 1.165) is 38.6 Å². The average molecular weight is 284 g/mol. The molecule has 0 saturated carbocycles. The molecule has 0 aliphatic carbocycles. The number of hydrogen-bond donors (Lipinski definition) is 2. The van der Waals surface area contributed by atoms with E-state index in [1.54, 1.807) is 6.20 Å². The van der Waals surface area contributed by atoms with E-state index < -0.39 is 0 Å². The number of nitrogens with zero attached hydrogens (tertiary/aromatic N) is 1. The lowest BCUT2D eigenvalue weighted by Crippen LogP contribution is -1.97. The molecule has 2 aromatic carbocycles. The predicted octanol–water partition coefficient (Wildman–Crippen LogP) is 4.52. The highest BCUT2D eigenvalue weighted by Crippen LogP contribution is 2.29. The van der Waals surface area contributed by atoms with Gasteiger partial charge in [-0.2, -0.15) is 0 Å². The van der Waals surface area contributed by atoms with Crippen LogP contribution in [0, 0.1) is 6.92 Å². The third-order valence-corrected chi connectivity index (χ3v) is 3.72. The van der Waals surface area contributed by atoms with E-state index in [9.17, 15) is 0 Å². The fourth-order valence-corrected chi connectivity index (χ4v) is 2.34. The second-order valence-electron chi connectivity index (χ2n) is 4.68. The Labute approximate surface area is 122 Å². The molecule has 3 N–H and O–H groups in total. The largest absolute Gasteiger partial charge is 0.399 e. The number of nitrogens with two attached hydrogens (primary N) is 1. The van der Waals surface area contributed by atoms with Crippen molar-refractivity contribution in [3.05, 3.63) is 59.2 Å². The maximum Gasteiger partial charge on any atom is 0.138 e. The molecule has 0 amide bonds. The smallest absolute Gasteiger partial charge is 0.138 e. The second kappa shape index (κ2) is 5.02. The Morgan fingerprint density at radius 3 is 2.85 bits per heavy atom. The van der Waals surface area contributed by atoms with Crippen LogP contribution in [-0.2, 0) is 0 Å². The van der Waals surface area contributed by atoms with Gasteiger partial charge < -0.3 is 11.1 Å². The number of nitrogens with one attached hydrogen (secondary N) is 1. The normalized spacial score (nSPS) is 10.7. The summed E-state index contributed by atoms with van der Waals surface area (Å²) in [6, 6.07) is 13.5. The lowest BCUT2D eigenvalue weighted by Gasteiger charge is -2.12. The maximum absolute atomic E-state index is 6.14. The van der Waals surface area contributed by atoms with E-state index in [2.05, 4.69) is 10.3 Å². The highest BCUT2D eigenvalue weighted by Gasteiger charge is 2.06. The van der Waals surface area contributed by atoms with E-state index >= 15 is 0 Å². The minimum Gasteiger partial charge on any atom is -0.399 e. The van der Waals surface area contributed by atoms with Crippen molar-refractivity contribution >= 4 is 39.6 Å². The van der Waals surface area contributed by atoms with Gasteiger partial charge in [-0.25, -0.2) is 4.98 Å². The molecule has 0 radical (unpaired) electrons. The highest BCUT2D eigenvalue weighted by molar-refractivity contribution is 6.31. The van der Waals surface area contributed by atoms with Gasteiger partial charge in [-0.15, -0.1) is 0 Å². The molecule has 20 heavy (non-hydrogen) atoms. The number of rotatable bonds is 2. The molecule has 0 saturated heterocycles. The first-order chi connectivity index (χ1) is 9.65. The first-order valence-corrected chi connectivity index (χ1v) is 6.69.